The van der Waals surface area contributed by atoms with Crippen LogP contribution >= 0.6 is 11.6 Å². The molecular formula is C12H15ClN2O3S. The molecule has 104 valence electrons. The molecule has 0 unspecified atom stereocenters. The van der Waals surface area contributed by atoms with Crippen molar-refractivity contribution in [1.29, 1.82) is 0 Å². The number of benzene rings is 1. The molecule has 1 saturated carbocycles. The summed E-state index contributed by atoms with van der Waals surface area (Å²) in [6.07, 6.45) is 1.86. The first-order valence-corrected chi connectivity index (χ1v) is 7.88. The number of amides is 1. The van der Waals surface area contributed by atoms with E-state index in [1.54, 1.807) is 12.1 Å². The van der Waals surface area contributed by atoms with Crippen LogP contribution in [0.3, 0.4) is 0 Å². The van der Waals surface area contributed by atoms with E-state index in [0.29, 0.717) is 5.02 Å². The summed E-state index contributed by atoms with van der Waals surface area (Å²) in [4.78, 5) is 11.5. The predicted molar refractivity (Wildman–Crippen MR) is 72.4 cm³/mol. The Labute approximate surface area is 117 Å². The molecule has 2 N–H and O–H groups in total. The fourth-order valence-corrected chi connectivity index (χ4v) is 2.91. The zero-order valence-corrected chi connectivity index (χ0v) is 11.8. The van der Waals surface area contributed by atoms with E-state index in [9.17, 15) is 13.2 Å². The Morgan fingerprint density at radius 2 is 2.05 bits per heavy atom. The van der Waals surface area contributed by atoms with Crippen LogP contribution in [-0.2, 0) is 14.8 Å². The van der Waals surface area contributed by atoms with Crippen molar-refractivity contribution in [3.05, 3.63) is 29.3 Å². The van der Waals surface area contributed by atoms with Gasteiger partial charge in [-0.15, -0.1) is 0 Å². The van der Waals surface area contributed by atoms with Crippen LogP contribution in [0.1, 0.15) is 12.8 Å². The van der Waals surface area contributed by atoms with Gasteiger partial charge in [0.2, 0.25) is 15.9 Å². The second-order valence-electron chi connectivity index (χ2n) is 4.42. The first-order valence-electron chi connectivity index (χ1n) is 6.02. The summed E-state index contributed by atoms with van der Waals surface area (Å²) in [6.45, 7) is 0.447. The molecule has 0 heterocycles. The molecule has 0 atom stereocenters. The van der Waals surface area contributed by atoms with Crippen LogP contribution in [0.4, 0.5) is 0 Å². The summed E-state index contributed by atoms with van der Waals surface area (Å²) in [5.74, 6) is 0.131. The third-order valence-corrected chi connectivity index (χ3v) is 4.46. The molecule has 1 fully saturated rings. The molecule has 2 rings (SSSR count). The largest absolute Gasteiger partial charge is 0.355 e. The summed E-state index contributed by atoms with van der Waals surface area (Å²) in [7, 11) is -3.57. The van der Waals surface area contributed by atoms with Crippen molar-refractivity contribution in [2.75, 3.05) is 13.1 Å². The van der Waals surface area contributed by atoms with Gasteiger partial charge in [-0.2, -0.15) is 0 Å². The lowest BCUT2D eigenvalue weighted by Crippen LogP contribution is -2.35. The molecular weight excluding hydrogens is 288 g/mol. The fourth-order valence-electron chi connectivity index (χ4n) is 1.58. The van der Waals surface area contributed by atoms with Crippen LogP contribution in [0.2, 0.25) is 5.02 Å². The molecule has 1 aliphatic carbocycles. The Morgan fingerprint density at radius 1 is 1.32 bits per heavy atom. The maximum absolute atomic E-state index is 11.9. The Bertz CT molecular complexity index is 570. The monoisotopic (exact) mass is 302 g/mol. The zero-order chi connectivity index (χ0) is 13.9. The quantitative estimate of drug-likeness (QED) is 0.774. The lowest BCUT2D eigenvalue weighted by Gasteiger charge is -2.08. The number of carbonyl (C=O) groups is 1. The Hall–Kier alpha value is -1.11. The number of hydrogen-bond donors (Lipinski definition) is 2. The van der Waals surface area contributed by atoms with Crippen LogP contribution in [0.5, 0.6) is 0 Å². The summed E-state index contributed by atoms with van der Waals surface area (Å²) < 4.78 is 26.2. The zero-order valence-electron chi connectivity index (χ0n) is 10.2. The van der Waals surface area contributed by atoms with E-state index >= 15 is 0 Å². The van der Waals surface area contributed by atoms with Gasteiger partial charge in [-0.25, -0.2) is 13.1 Å². The lowest BCUT2D eigenvalue weighted by atomic mass is 10.4. The molecule has 1 aromatic carbocycles. The van der Waals surface area contributed by atoms with E-state index in [2.05, 4.69) is 10.0 Å². The SMILES string of the molecule is O=C(NCCNS(=O)(=O)c1cccc(Cl)c1)C1CC1. The van der Waals surface area contributed by atoms with E-state index < -0.39 is 10.0 Å². The van der Waals surface area contributed by atoms with Gasteiger partial charge in [0.15, 0.2) is 0 Å². The van der Waals surface area contributed by atoms with Gasteiger partial charge in [0.1, 0.15) is 0 Å². The van der Waals surface area contributed by atoms with E-state index in [1.807, 2.05) is 0 Å². The van der Waals surface area contributed by atoms with Crippen molar-refractivity contribution in [3.63, 3.8) is 0 Å². The van der Waals surface area contributed by atoms with E-state index in [-0.39, 0.29) is 29.8 Å². The van der Waals surface area contributed by atoms with Gasteiger partial charge in [0.25, 0.3) is 0 Å². The molecule has 0 bridgehead atoms. The highest BCUT2D eigenvalue weighted by Crippen LogP contribution is 2.28. The maximum Gasteiger partial charge on any atom is 0.240 e. The van der Waals surface area contributed by atoms with Crippen molar-refractivity contribution in [1.82, 2.24) is 10.0 Å². The second kappa shape index (κ2) is 5.90. The predicted octanol–water partition coefficient (Wildman–Crippen LogP) is 1.14. The maximum atomic E-state index is 11.9. The molecule has 19 heavy (non-hydrogen) atoms. The van der Waals surface area contributed by atoms with E-state index in [1.165, 1.54) is 12.1 Å². The first-order chi connectivity index (χ1) is 8.99. The van der Waals surface area contributed by atoms with Crippen molar-refractivity contribution in [2.24, 2.45) is 5.92 Å². The number of sulfonamides is 1. The average molecular weight is 303 g/mol. The highest BCUT2D eigenvalue weighted by atomic mass is 35.5. The first kappa shape index (κ1) is 14.3. The summed E-state index contributed by atoms with van der Waals surface area (Å²) in [5, 5.41) is 3.05. The summed E-state index contributed by atoms with van der Waals surface area (Å²) in [5.41, 5.74) is 0. The van der Waals surface area contributed by atoms with Crippen LogP contribution < -0.4 is 10.0 Å². The van der Waals surface area contributed by atoms with E-state index in [4.69, 9.17) is 11.6 Å². The van der Waals surface area contributed by atoms with Crippen molar-refractivity contribution < 1.29 is 13.2 Å². The molecule has 0 saturated heterocycles. The van der Waals surface area contributed by atoms with Crippen LogP contribution in [0.15, 0.2) is 29.2 Å². The van der Waals surface area contributed by atoms with Crippen LogP contribution in [0, 0.1) is 5.92 Å². The van der Waals surface area contributed by atoms with Crippen LogP contribution in [0.25, 0.3) is 0 Å². The topological polar surface area (TPSA) is 75.3 Å². The molecule has 1 aromatic rings. The number of rotatable bonds is 6. The molecule has 0 aliphatic heterocycles. The molecule has 0 radical (unpaired) electrons. The lowest BCUT2D eigenvalue weighted by molar-refractivity contribution is -0.122. The van der Waals surface area contributed by atoms with E-state index in [0.717, 1.165) is 12.8 Å². The average Bonchev–Trinajstić information content (AvgIpc) is 3.18. The summed E-state index contributed by atoms with van der Waals surface area (Å²) >= 11 is 5.75. The third-order valence-electron chi connectivity index (χ3n) is 2.77. The highest BCUT2D eigenvalue weighted by molar-refractivity contribution is 7.89. The van der Waals surface area contributed by atoms with Crippen molar-refractivity contribution in [3.8, 4) is 0 Å². The normalized spacial score (nSPS) is 15.2. The van der Waals surface area contributed by atoms with Gasteiger partial charge in [-0.3, -0.25) is 4.79 Å². The highest BCUT2D eigenvalue weighted by Gasteiger charge is 2.29. The fraction of sp³-hybridized carbons (Fsp3) is 0.417. The number of halogens is 1. The van der Waals surface area contributed by atoms with Gasteiger partial charge in [0.05, 0.1) is 4.90 Å². The molecule has 1 aliphatic rings. The Balaban J connectivity index is 1.82. The number of nitrogens with one attached hydrogen (secondary N) is 2. The second-order valence-corrected chi connectivity index (χ2v) is 6.62. The number of hydrogen-bond acceptors (Lipinski definition) is 3. The minimum Gasteiger partial charge on any atom is -0.355 e. The molecule has 7 heteroatoms. The standard InChI is InChI=1S/C12H15ClN2O3S/c13-10-2-1-3-11(8-10)19(17,18)15-7-6-14-12(16)9-4-5-9/h1-3,8-9,15H,4-7H2,(H,14,16). The summed E-state index contributed by atoms with van der Waals surface area (Å²) in [6, 6.07) is 6.03. The Kier molecular flexibility index (Phi) is 4.44. The molecule has 0 aromatic heterocycles. The minimum absolute atomic E-state index is 0.00181. The van der Waals surface area contributed by atoms with Gasteiger partial charge in [0, 0.05) is 24.0 Å². The molecule has 0 spiro atoms. The number of carbonyl (C=O) groups excluding carboxylic acids is 1. The smallest absolute Gasteiger partial charge is 0.240 e. The van der Waals surface area contributed by atoms with Gasteiger partial charge >= 0.3 is 0 Å². The molecule has 5 nitrogen and oxygen atoms in total. The van der Waals surface area contributed by atoms with Gasteiger partial charge < -0.3 is 5.32 Å². The minimum atomic E-state index is -3.57. The van der Waals surface area contributed by atoms with Crippen LogP contribution in [-0.4, -0.2) is 27.4 Å². The van der Waals surface area contributed by atoms with Crippen molar-refractivity contribution >= 4 is 27.5 Å². The van der Waals surface area contributed by atoms with Gasteiger partial charge in [-0.1, -0.05) is 17.7 Å². The third kappa shape index (κ3) is 4.19. The molecule has 1 amide bonds. The Morgan fingerprint density at radius 3 is 2.68 bits per heavy atom. The van der Waals surface area contributed by atoms with Crippen molar-refractivity contribution in [2.45, 2.75) is 17.7 Å². The van der Waals surface area contributed by atoms with Gasteiger partial charge in [-0.05, 0) is 31.0 Å².